The molecule has 1 aromatic carbocycles. The Hall–Kier alpha value is -3.14. The van der Waals surface area contributed by atoms with E-state index in [2.05, 4.69) is 24.8 Å². The van der Waals surface area contributed by atoms with E-state index in [1.807, 2.05) is 55.5 Å². The molecule has 0 saturated heterocycles. The fraction of sp³-hybridized carbons (Fsp3) is 0.143. The average Bonchev–Trinajstić information content (AvgIpc) is 2.90. The lowest BCUT2D eigenvalue weighted by Crippen LogP contribution is -1.99. The Morgan fingerprint density at radius 2 is 1.92 bits per heavy atom. The van der Waals surface area contributed by atoms with Crippen molar-refractivity contribution in [1.29, 1.82) is 10.5 Å². The van der Waals surface area contributed by atoms with E-state index in [1.165, 1.54) is 5.57 Å². The predicted octanol–water partition coefficient (Wildman–Crippen LogP) is 4.37. The summed E-state index contributed by atoms with van der Waals surface area (Å²) in [5, 5.41) is 17.4. The van der Waals surface area contributed by atoms with E-state index in [0.29, 0.717) is 12.1 Å². The van der Waals surface area contributed by atoms with Gasteiger partial charge in [-0.15, -0.1) is 0 Å². The van der Waals surface area contributed by atoms with E-state index in [-0.39, 0.29) is 5.57 Å². The first-order valence-corrected chi connectivity index (χ1v) is 7.61. The molecule has 0 unspecified atom stereocenters. The summed E-state index contributed by atoms with van der Waals surface area (Å²) in [4.78, 5) is 0. The van der Waals surface area contributed by atoms with Gasteiger partial charge < -0.3 is 5.73 Å². The van der Waals surface area contributed by atoms with Crippen LogP contribution in [-0.4, -0.2) is 6.54 Å². The van der Waals surface area contributed by atoms with Crippen LogP contribution in [0.3, 0.4) is 0 Å². The third-order valence-electron chi connectivity index (χ3n) is 3.26. The molecule has 0 fully saturated rings. The van der Waals surface area contributed by atoms with Crippen molar-refractivity contribution in [3.05, 3.63) is 89.1 Å². The molecule has 1 aromatic rings. The first-order chi connectivity index (χ1) is 11.6. The van der Waals surface area contributed by atoms with E-state index in [4.69, 9.17) is 16.3 Å². The van der Waals surface area contributed by atoms with E-state index in [0.717, 1.165) is 17.5 Å². The number of nitrogens with two attached hydrogens (primary N) is 1. The van der Waals surface area contributed by atoms with E-state index >= 15 is 0 Å². The summed E-state index contributed by atoms with van der Waals surface area (Å²) in [6.45, 7) is 6.14. The minimum atomic E-state index is 0.193. The SMILES string of the molecule is C=C(C#N)/C(C#N)=C/c1ccc(C)cc1.NCC1=CC=CCC=C1. The van der Waals surface area contributed by atoms with Crippen LogP contribution in [0.15, 0.2) is 77.9 Å². The lowest BCUT2D eigenvalue weighted by Gasteiger charge is -1.96. The van der Waals surface area contributed by atoms with E-state index in [1.54, 1.807) is 6.08 Å². The normalized spacial score (nSPS) is 12.8. The summed E-state index contributed by atoms with van der Waals surface area (Å²) >= 11 is 0. The number of benzene rings is 1. The number of hydrogen-bond donors (Lipinski definition) is 1. The van der Waals surface area contributed by atoms with Gasteiger partial charge in [0, 0.05) is 6.54 Å². The molecule has 0 radical (unpaired) electrons. The number of nitriles is 2. The predicted molar refractivity (Wildman–Crippen MR) is 99.6 cm³/mol. The summed E-state index contributed by atoms with van der Waals surface area (Å²) in [5.74, 6) is 0. The number of hydrogen-bond acceptors (Lipinski definition) is 3. The van der Waals surface area contributed by atoms with Crippen molar-refractivity contribution in [2.75, 3.05) is 6.54 Å². The molecule has 3 heteroatoms. The summed E-state index contributed by atoms with van der Waals surface area (Å²) < 4.78 is 0. The summed E-state index contributed by atoms with van der Waals surface area (Å²) in [6.07, 6.45) is 13.1. The Labute approximate surface area is 144 Å². The first-order valence-electron chi connectivity index (χ1n) is 7.61. The van der Waals surface area contributed by atoms with Crippen LogP contribution in [-0.2, 0) is 0 Å². The third-order valence-corrected chi connectivity index (χ3v) is 3.26. The Bertz CT molecular complexity index is 761. The van der Waals surface area contributed by atoms with Crippen LogP contribution in [0.5, 0.6) is 0 Å². The fourth-order valence-electron chi connectivity index (χ4n) is 1.84. The maximum atomic E-state index is 8.81. The zero-order valence-electron chi connectivity index (χ0n) is 13.9. The summed E-state index contributed by atoms with van der Waals surface area (Å²) in [7, 11) is 0. The zero-order chi connectivity index (χ0) is 17.8. The minimum Gasteiger partial charge on any atom is -0.326 e. The van der Waals surface area contributed by atoms with E-state index < -0.39 is 0 Å². The highest BCUT2D eigenvalue weighted by Crippen LogP contribution is 2.12. The molecule has 1 aliphatic rings. The topological polar surface area (TPSA) is 73.6 Å². The van der Waals surface area contributed by atoms with Crippen LogP contribution in [0.1, 0.15) is 17.5 Å². The third kappa shape index (κ3) is 6.75. The van der Waals surface area contributed by atoms with Crippen molar-refractivity contribution in [1.82, 2.24) is 0 Å². The van der Waals surface area contributed by atoms with Crippen LogP contribution in [0.4, 0.5) is 0 Å². The lowest BCUT2D eigenvalue weighted by atomic mass is 10.1. The van der Waals surface area contributed by atoms with Gasteiger partial charge in [-0.05, 0) is 30.6 Å². The molecule has 120 valence electrons. The molecule has 3 nitrogen and oxygen atoms in total. The second-order valence-corrected chi connectivity index (χ2v) is 5.18. The molecule has 2 N–H and O–H groups in total. The monoisotopic (exact) mass is 315 g/mol. The Morgan fingerprint density at radius 3 is 2.50 bits per heavy atom. The first kappa shape index (κ1) is 18.9. The molecule has 0 aliphatic heterocycles. The van der Waals surface area contributed by atoms with Crippen molar-refractivity contribution in [3.8, 4) is 12.1 Å². The Balaban J connectivity index is 0.000000272. The Kier molecular flexibility index (Phi) is 8.32. The maximum absolute atomic E-state index is 8.81. The van der Waals surface area contributed by atoms with E-state index in [9.17, 15) is 0 Å². The molecule has 0 bridgehead atoms. The Morgan fingerprint density at radius 1 is 1.21 bits per heavy atom. The van der Waals surface area contributed by atoms with Crippen LogP contribution < -0.4 is 5.73 Å². The van der Waals surface area contributed by atoms with Gasteiger partial charge in [0.1, 0.15) is 6.07 Å². The molecule has 0 atom stereocenters. The molecule has 0 amide bonds. The number of nitrogens with zero attached hydrogens (tertiary/aromatic N) is 2. The molecule has 0 spiro atoms. The quantitative estimate of drug-likeness (QED) is 0.665. The molecule has 2 rings (SSSR count). The van der Waals surface area contributed by atoms with Gasteiger partial charge in [0.15, 0.2) is 0 Å². The molecule has 0 aromatic heterocycles. The molecular weight excluding hydrogens is 294 g/mol. The molecular formula is C21H21N3. The van der Waals surface area contributed by atoms with Gasteiger partial charge in [-0.3, -0.25) is 0 Å². The largest absolute Gasteiger partial charge is 0.326 e. The fourth-order valence-corrected chi connectivity index (χ4v) is 1.84. The van der Waals surface area contributed by atoms with Crippen molar-refractivity contribution in [2.45, 2.75) is 13.3 Å². The van der Waals surface area contributed by atoms with Gasteiger partial charge in [-0.25, -0.2) is 0 Å². The number of rotatable bonds is 3. The second kappa shape index (κ2) is 10.6. The maximum Gasteiger partial charge on any atom is 0.101 e. The van der Waals surface area contributed by atoms with Gasteiger partial charge in [0.2, 0.25) is 0 Å². The smallest absolute Gasteiger partial charge is 0.101 e. The van der Waals surface area contributed by atoms with Gasteiger partial charge in [0.05, 0.1) is 17.2 Å². The van der Waals surface area contributed by atoms with Crippen LogP contribution in [0, 0.1) is 29.6 Å². The average molecular weight is 315 g/mol. The molecule has 1 aliphatic carbocycles. The minimum absolute atomic E-state index is 0.193. The second-order valence-electron chi connectivity index (χ2n) is 5.18. The highest BCUT2D eigenvalue weighted by molar-refractivity contribution is 5.66. The van der Waals surface area contributed by atoms with Gasteiger partial charge in [-0.2, -0.15) is 10.5 Å². The van der Waals surface area contributed by atoms with Gasteiger partial charge in [-0.1, -0.05) is 66.8 Å². The van der Waals surface area contributed by atoms with Crippen molar-refractivity contribution in [2.24, 2.45) is 5.73 Å². The van der Waals surface area contributed by atoms with Crippen LogP contribution >= 0.6 is 0 Å². The molecule has 24 heavy (non-hydrogen) atoms. The zero-order valence-corrected chi connectivity index (χ0v) is 13.9. The standard InChI is InChI=1S/C13H10N2.C8H11N/c1-10-3-5-12(6-4-10)7-13(9-15)11(2)8-14;9-7-8-5-3-1-2-4-6-8/h3-7H,2H2,1H3;1,3-6H,2,7,9H2/b13-7+;. The summed E-state index contributed by atoms with van der Waals surface area (Å²) in [6, 6.07) is 11.5. The van der Waals surface area contributed by atoms with Crippen LogP contribution in [0.25, 0.3) is 6.08 Å². The van der Waals surface area contributed by atoms with Crippen molar-refractivity contribution < 1.29 is 0 Å². The van der Waals surface area contributed by atoms with Crippen molar-refractivity contribution >= 4 is 6.08 Å². The highest BCUT2D eigenvalue weighted by atomic mass is 14.5. The van der Waals surface area contributed by atoms with Crippen molar-refractivity contribution in [3.63, 3.8) is 0 Å². The van der Waals surface area contributed by atoms with Gasteiger partial charge >= 0.3 is 0 Å². The molecule has 0 saturated carbocycles. The molecule has 0 heterocycles. The van der Waals surface area contributed by atoms with Gasteiger partial charge in [0.25, 0.3) is 0 Å². The highest BCUT2D eigenvalue weighted by Gasteiger charge is 2.00. The van der Waals surface area contributed by atoms with Crippen LogP contribution in [0.2, 0.25) is 0 Å². The lowest BCUT2D eigenvalue weighted by molar-refractivity contribution is 1.19. The number of allylic oxidation sites excluding steroid dienone is 6. The summed E-state index contributed by atoms with van der Waals surface area (Å²) in [5.41, 5.74) is 9.17. The number of aryl methyl sites for hydroxylation is 1.